The van der Waals surface area contributed by atoms with E-state index in [2.05, 4.69) is 5.32 Å². The molecule has 5 nitrogen and oxygen atoms in total. The van der Waals surface area contributed by atoms with E-state index in [0.717, 1.165) is 24.3 Å². The molecule has 1 aromatic carbocycles. The van der Waals surface area contributed by atoms with E-state index in [9.17, 15) is 8.42 Å². The highest BCUT2D eigenvalue weighted by Gasteiger charge is 2.25. The SMILES string of the molecule is Cc1cc(S(=O)(=O)N2CCCNCC2)ccc1OC(C)C. The summed E-state index contributed by atoms with van der Waals surface area (Å²) in [4.78, 5) is 0.345. The van der Waals surface area contributed by atoms with Gasteiger partial charge in [0.1, 0.15) is 5.75 Å². The topological polar surface area (TPSA) is 58.6 Å². The fourth-order valence-electron chi connectivity index (χ4n) is 2.38. The lowest BCUT2D eigenvalue weighted by molar-refractivity contribution is 0.240. The maximum Gasteiger partial charge on any atom is 0.243 e. The Labute approximate surface area is 127 Å². The van der Waals surface area contributed by atoms with Crippen LogP contribution in [0.15, 0.2) is 23.1 Å². The third-order valence-electron chi connectivity index (χ3n) is 3.45. The molecule has 1 saturated heterocycles. The minimum absolute atomic E-state index is 0.0721. The Morgan fingerprint density at radius 2 is 2.00 bits per heavy atom. The number of nitrogens with one attached hydrogen (secondary N) is 1. The van der Waals surface area contributed by atoms with Gasteiger partial charge in [0.15, 0.2) is 0 Å². The van der Waals surface area contributed by atoms with Gasteiger partial charge in [-0.25, -0.2) is 8.42 Å². The first-order valence-electron chi connectivity index (χ1n) is 7.39. The molecule has 1 N–H and O–H groups in total. The first-order valence-corrected chi connectivity index (χ1v) is 8.83. The van der Waals surface area contributed by atoms with E-state index in [4.69, 9.17) is 4.74 Å². The quantitative estimate of drug-likeness (QED) is 0.920. The minimum atomic E-state index is -3.42. The predicted molar refractivity (Wildman–Crippen MR) is 83.2 cm³/mol. The maximum absolute atomic E-state index is 12.7. The molecule has 6 heteroatoms. The zero-order valence-electron chi connectivity index (χ0n) is 12.9. The molecule has 0 radical (unpaired) electrons. The van der Waals surface area contributed by atoms with Crippen LogP contribution in [0.5, 0.6) is 5.75 Å². The number of ether oxygens (including phenoxy) is 1. The zero-order valence-corrected chi connectivity index (χ0v) is 13.7. The van der Waals surface area contributed by atoms with Crippen LogP contribution >= 0.6 is 0 Å². The van der Waals surface area contributed by atoms with Crippen molar-refractivity contribution in [1.29, 1.82) is 0 Å². The van der Waals surface area contributed by atoms with Crippen molar-refractivity contribution in [1.82, 2.24) is 9.62 Å². The summed E-state index contributed by atoms with van der Waals surface area (Å²) in [7, 11) is -3.42. The molecule has 0 saturated carbocycles. The highest BCUT2D eigenvalue weighted by atomic mass is 32.2. The third-order valence-corrected chi connectivity index (χ3v) is 5.34. The van der Waals surface area contributed by atoms with E-state index in [0.29, 0.717) is 24.5 Å². The molecule has 0 bridgehead atoms. The van der Waals surface area contributed by atoms with Gasteiger partial charge in [-0.1, -0.05) is 0 Å². The lowest BCUT2D eigenvalue weighted by Crippen LogP contribution is -2.34. The molecule has 0 spiro atoms. The second-order valence-corrected chi connectivity index (χ2v) is 7.54. The Morgan fingerprint density at radius 1 is 1.24 bits per heavy atom. The van der Waals surface area contributed by atoms with E-state index in [1.54, 1.807) is 22.5 Å². The Kier molecular flexibility index (Phi) is 5.24. The van der Waals surface area contributed by atoms with Crippen molar-refractivity contribution >= 4 is 10.0 Å². The molecule has 1 aromatic rings. The van der Waals surface area contributed by atoms with Crippen molar-refractivity contribution in [2.24, 2.45) is 0 Å². The van der Waals surface area contributed by atoms with Crippen LogP contribution in [0, 0.1) is 6.92 Å². The molecule has 0 unspecified atom stereocenters. The largest absolute Gasteiger partial charge is 0.491 e. The molecular formula is C15H24N2O3S. The number of benzene rings is 1. The molecular weight excluding hydrogens is 288 g/mol. The normalized spacial score (nSPS) is 17.7. The fourth-order valence-corrected chi connectivity index (χ4v) is 3.94. The van der Waals surface area contributed by atoms with Gasteiger partial charge in [-0.3, -0.25) is 0 Å². The predicted octanol–water partition coefficient (Wildman–Crippen LogP) is 1.77. The van der Waals surface area contributed by atoms with Crippen molar-refractivity contribution in [3.05, 3.63) is 23.8 Å². The van der Waals surface area contributed by atoms with Gasteiger partial charge in [-0.15, -0.1) is 0 Å². The van der Waals surface area contributed by atoms with Crippen molar-refractivity contribution in [3.8, 4) is 5.75 Å². The number of rotatable bonds is 4. The first kappa shape index (κ1) is 16.3. The van der Waals surface area contributed by atoms with Gasteiger partial charge < -0.3 is 10.1 Å². The van der Waals surface area contributed by atoms with Crippen molar-refractivity contribution in [2.75, 3.05) is 26.2 Å². The Morgan fingerprint density at radius 3 is 2.67 bits per heavy atom. The summed E-state index contributed by atoms with van der Waals surface area (Å²) in [6, 6.07) is 5.09. The molecule has 21 heavy (non-hydrogen) atoms. The summed E-state index contributed by atoms with van der Waals surface area (Å²) in [5.74, 6) is 0.737. The van der Waals surface area contributed by atoms with Crippen LogP contribution < -0.4 is 10.1 Å². The van der Waals surface area contributed by atoms with Gasteiger partial charge in [-0.2, -0.15) is 4.31 Å². The minimum Gasteiger partial charge on any atom is -0.491 e. The van der Waals surface area contributed by atoms with Crippen LogP contribution in [0.1, 0.15) is 25.8 Å². The number of hydrogen-bond acceptors (Lipinski definition) is 4. The lowest BCUT2D eigenvalue weighted by atomic mass is 10.2. The summed E-state index contributed by atoms with van der Waals surface area (Å²) >= 11 is 0. The smallest absolute Gasteiger partial charge is 0.243 e. The van der Waals surface area contributed by atoms with Gasteiger partial charge in [0.25, 0.3) is 0 Å². The maximum atomic E-state index is 12.7. The molecule has 0 atom stereocenters. The molecule has 1 fully saturated rings. The highest BCUT2D eigenvalue weighted by Crippen LogP contribution is 2.25. The molecule has 0 amide bonds. The average molecular weight is 312 g/mol. The van der Waals surface area contributed by atoms with E-state index in [-0.39, 0.29) is 6.10 Å². The Bertz CT molecular complexity index is 577. The van der Waals surface area contributed by atoms with E-state index in [1.807, 2.05) is 20.8 Å². The number of nitrogens with zero attached hydrogens (tertiary/aromatic N) is 1. The molecule has 1 aliphatic rings. The van der Waals surface area contributed by atoms with E-state index >= 15 is 0 Å². The van der Waals surface area contributed by atoms with Crippen molar-refractivity contribution < 1.29 is 13.2 Å². The van der Waals surface area contributed by atoms with Crippen LogP contribution in [0.4, 0.5) is 0 Å². The number of aryl methyl sites for hydroxylation is 1. The van der Waals surface area contributed by atoms with Gasteiger partial charge in [0.05, 0.1) is 11.0 Å². The molecule has 118 valence electrons. The number of hydrogen-bond donors (Lipinski definition) is 1. The highest BCUT2D eigenvalue weighted by molar-refractivity contribution is 7.89. The summed E-state index contributed by atoms with van der Waals surface area (Å²) in [5, 5.41) is 3.22. The molecule has 0 aliphatic carbocycles. The van der Waals surface area contributed by atoms with Gasteiger partial charge in [0, 0.05) is 19.6 Å². The summed E-state index contributed by atoms with van der Waals surface area (Å²) in [5.41, 5.74) is 0.845. The monoisotopic (exact) mass is 312 g/mol. The molecule has 0 aromatic heterocycles. The summed E-state index contributed by atoms with van der Waals surface area (Å²) in [6.07, 6.45) is 0.912. The van der Waals surface area contributed by atoms with Gasteiger partial charge >= 0.3 is 0 Å². The first-order chi connectivity index (χ1) is 9.91. The average Bonchev–Trinajstić information content (AvgIpc) is 2.69. The van der Waals surface area contributed by atoms with Crippen molar-refractivity contribution in [3.63, 3.8) is 0 Å². The second kappa shape index (κ2) is 6.77. The Balaban J connectivity index is 2.25. The van der Waals surface area contributed by atoms with Crippen molar-refractivity contribution in [2.45, 2.75) is 38.2 Å². The second-order valence-electron chi connectivity index (χ2n) is 5.60. The molecule has 1 heterocycles. The fraction of sp³-hybridized carbons (Fsp3) is 0.600. The van der Waals surface area contributed by atoms with Gasteiger partial charge in [-0.05, 0) is 57.5 Å². The van der Waals surface area contributed by atoms with Crippen LogP contribution in [0.2, 0.25) is 0 Å². The van der Waals surface area contributed by atoms with Crippen LogP contribution in [-0.4, -0.2) is 45.0 Å². The number of sulfonamides is 1. The van der Waals surface area contributed by atoms with Crippen LogP contribution in [0.3, 0.4) is 0 Å². The summed E-state index contributed by atoms with van der Waals surface area (Å²) in [6.45, 7) is 8.44. The van der Waals surface area contributed by atoms with E-state index in [1.165, 1.54) is 0 Å². The van der Waals surface area contributed by atoms with Gasteiger partial charge in [0.2, 0.25) is 10.0 Å². The molecule has 2 rings (SSSR count). The third kappa shape index (κ3) is 3.96. The molecule has 1 aliphatic heterocycles. The van der Waals surface area contributed by atoms with Crippen LogP contribution in [0.25, 0.3) is 0 Å². The Hall–Kier alpha value is -1.11. The summed E-state index contributed by atoms with van der Waals surface area (Å²) < 4.78 is 32.6. The standard InChI is InChI=1S/C15H24N2O3S/c1-12(2)20-15-6-5-14(11-13(15)3)21(18,19)17-9-4-7-16-8-10-17/h5-6,11-12,16H,4,7-10H2,1-3H3. The lowest BCUT2D eigenvalue weighted by Gasteiger charge is -2.20. The zero-order chi connectivity index (χ0) is 15.5. The van der Waals surface area contributed by atoms with E-state index < -0.39 is 10.0 Å². The van der Waals surface area contributed by atoms with Crippen LogP contribution in [-0.2, 0) is 10.0 Å².